The van der Waals surface area contributed by atoms with Gasteiger partial charge in [-0.15, -0.1) is 0 Å². The minimum atomic E-state index is -1.74. The molecule has 0 bridgehead atoms. The fraction of sp³-hybridized carbons (Fsp3) is 0.231. The Balaban J connectivity index is 1.10. The number of rotatable bonds is 20. The Kier molecular flexibility index (Phi) is 15.3. The van der Waals surface area contributed by atoms with Crippen LogP contribution in [0.25, 0.3) is 11.1 Å². The molecule has 6 aromatic rings. The molecule has 0 aliphatic carbocycles. The minimum Gasteiger partial charge on any atom is -0.492 e. The Hall–Kier alpha value is -5.01. The SMILES string of the molecule is CN(C)CCOc1ccc(/C(=C(/C=C\CCCCCCCC[P+](c2ccccc2)(c2ccccc2)c2ccccc2)c2ccccc2)c2ccccc2)cc1. The van der Waals surface area contributed by atoms with Crippen molar-refractivity contribution in [1.82, 2.24) is 4.90 Å². The molecule has 0 saturated heterocycles. The van der Waals surface area contributed by atoms with Crippen LogP contribution in [0.15, 0.2) is 188 Å². The van der Waals surface area contributed by atoms with E-state index in [-0.39, 0.29) is 0 Å². The molecule has 0 saturated carbocycles. The van der Waals surface area contributed by atoms with Crippen molar-refractivity contribution in [2.24, 2.45) is 0 Å². The molecule has 0 aliphatic rings. The first-order valence-corrected chi connectivity index (χ1v) is 22.1. The van der Waals surface area contributed by atoms with Crippen molar-refractivity contribution >= 4 is 34.3 Å². The summed E-state index contributed by atoms with van der Waals surface area (Å²) in [4.78, 5) is 2.14. The third-order valence-corrected chi connectivity index (χ3v) is 14.9. The summed E-state index contributed by atoms with van der Waals surface area (Å²) in [5, 5.41) is 4.46. The second kappa shape index (κ2) is 21.2. The van der Waals surface area contributed by atoms with Crippen LogP contribution in [0, 0.1) is 0 Å². The summed E-state index contributed by atoms with van der Waals surface area (Å²) in [5.41, 5.74) is 6.11. The van der Waals surface area contributed by atoms with Gasteiger partial charge in [0.25, 0.3) is 0 Å². The lowest BCUT2D eigenvalue weighted by Crippen LogP contribution is -2.33. The van der Waals surface area contributed by atoms with Gasteiger partial charge in [0.2, 0.25) is 0 Å². The van der Waals surface area contributed by atoms with Gasteiger partial charge in [0.05, 0.1) is 6.16 Å². The number of allylic oxidation sites excluding steroid dienone is 3. The summed E-state index contributed by atoms with van der Waals surface area (Å²) in [7, 11) is 2.40. The van der Waals surface area contributed by atoms with Crippen molar-refractivity contribution in [2.45, 2.75) is 44.9 Å². The van der Waals surface area contributed by atoms with Crippen LogP contribution in [0.4, 0.5) is 0 Å². The molecule has 0 radical (unpaired) electrons. The van der Waals surface area contributed by atoms with E-state index in [0.717, 1.165) is 18.7 Å². The van der Waals surface area contributed by atoms with E-state index in [9.17, 15) is 0 Å². The Labute approximate surface area is 331 Å². The van der Waals surface area contributed by atoms with E-state index in [1.54, 1.807) is 0 Å². The van der Waals surface area contributed by atoms with Gasteiger partial charge in [0.15, 0.2) is 0 Å². The van der Waals surface area contributed by atoms with Gasteiger partial charge in [-0.25, -0.2) is 0 Å². The summed E-state index contributed by atoms with van der Waals surface area (Å²) in [5.74, 6) is 0.902. The number of hydrogen-bond acceptors (Lipinski definition) is 2. The molecule has 55 heavy (non-hydrogen) atoms. The topological polar surface area (TPSA) is 12.5 Å². The minimum absolute atomic E-state index is 0.671. The summed E-state index contributed by atoms with van der Waals surface area (Å²) in [6, 6.07) is 64.1. The van der Waals surface area contributed by atoms with Crippen LogP contribution < -0.4 is 20.7 Å². The van der Waals surface area contributed by atoms with Crippen molar-refractivity contribution in [3.05, 3.63) is 205 Å². The number of likely N-dealkylation sites (N-methyl/N-ethyl adjacent to an activating group) is 1. The third kappa shape index (κ3) is 11.0. The monoisotopic (exact) mass is 742 g/mol. The van der Waals surface area contributed by atoms with E-state index in [4.69, 9.17) is 4.74 Å². The van der Waals surface area contributed by atoms with Crippen molar-refractivity contribution in [3.63, 3.8) is 0 Å². The Morgan fingerprint density at radius 1 is 0.491 bits per heavy atom. The first-order valence-electron chi connectivity index (χ1n) is 20.1. The largest absolute Gasteiger partial charge is 0.492 e. The predicted octanol–water partition coefficient (Wildman–Crippen LogP) is 11.9. The Bertz CT molecular complexity index is 1930. The quantitative estimate of drug-likeness (QED) is 0.0334. The molecule has 0 atom stereocenters. The molecule has 6 rings (SSSR count). The maximum Gasteiger partial charge on any atom is 0.119 e. The first kappa shape index (κ1) is 39.7. The molecule has 0 aromatic heterocycles. The highest BCUT2D eigenvalue weighted by atomic mass is 31.2. The van der Waals surface area contributed by atoms with Crippen LogP contribution in [-0.4, -0.2) is 38.3 Å². The van der Waals surface area contributed by atoms with E-state index in [2.05, 4.69) is 207 Å². The maximum atomic E-state index is 6.04. The van der Waals surface area contributed by atoms with Crippen molar-refractivity contribution in [2.75, 3.05) is 33.4 Å². The fourth-order valence-electron chi connectivity index (χ4n) is 7.49. The molecule has 3 heteroatoms. The van der Waals surface area contributed by atoms with E-state index >= 15 is 0 Å². The Morgan fingerprint density at radius 3 is 1.44 bits per heavy atom. The van der Waals surface area contributed by atoms with Crippen LogP contribution in [-0.2, 0) is 0 Å². The van der Waals surface area contributed by atoms with Gasteiger partial charge in [0.1, 0.15) is 35.5 Å². The van der Waals surface area contributed by atoms with Gasteiger partial charge in [-0.2, -0.15) is 0 Å². The van der Waals surface area contributed by atoms with Crippen LogP contribution in [0.2, 0.25) is 0 Å². The van der Waals surface area contributed by atoms with E-state index in [1.165, 1.54) is 88.4 Å². The van der Waals surface area contributed by atoms with Crippen LogP contribution in [0.5, 0.6) is 5.75 Å². The normalized spacial score (nSPS) is 12.2. The highest BCUT2D eigenvalue weighted by Gasteiger charge is 2.44. The molecular weight excluding hydrogens is 686 g/mol. The van der Waals surface area contributed by atoms with Crippen LogP contribution >= 0.6 is 7.26 Å². The lowest BCUT2D eigenvalue weighted by Gasteiger charge is -2.27. The summed E-state index contributed by atoms with van der Waals surface area (Å²) in [6.07, 6.45) is 14.6. The lowest BCUT2D eigenvalue weighted by atomic mass is 9.89. The number of nitrogens with zero attached hydrogens (tertiary/aromatic N) is 1. The zero-order chi connectivity index (χ0) is 38.0. The highest BCUT2D eigenvalue weighted by molar-refractivity contribution is 7.95. The van der Waals surface area contributed by atoms with Crippen molar-refractivity contribution < 1.29 is 4.74 Å². The fourth-order valence-corrected chi connectivity index (χ4v) is 11.9. The second-order valence-corrected chi connectivity index (χ2v) is 18.2. The molecule has 0 aliphatic heterocycles. The summed E-state index contributed by atoms with van der Waals surface area (Å²) in [6.45, 7) is 1.56. The Morgan fingerprint density at radius 2 is 0.927 bits per heavy atom. The predicted molar refractivity (Wildman–Crippen MR) is 241 cm³/mol. The van der Waals surface area contributed by atoms with Gasteiger partial charge in [-0.05, 0) is 116 Å². The molecule has 0 spiro atoms. The number of unbranched alkanes of at least 4 members (excludes halogenated alkanes) is 6. The smallest absolute Gasteiger partial charge is 0.119 e. The van der Waals surface area contributed by atoms with Crippen LogP contribution in [0.1, 0.15) is 61.6 Å². The zero-order valence-corrected chi connectivity index (χ0v) is 33.7. The molecule has 280 valence electrons. The van der Waals surface area contributed by atoms with Gasteiger partial charge < -0.3 is 9.64 Å². The molecule has 0 unspecified atom stereocenters. The first-order chi connectivity index (χ1) is 27.1. The van der Waals surface area contributed by atoms with Gasteiger partial charge >= 0.3 is 0 Å². The number of hydrogen-bond donors (Lipinski definition) is 0. The molecule has 6 aromatic carbocycles. The summed E-state index contributed by atoms with van der Waals surface area (Å²) >= 11 is 0. The molecule has 0 heterocycles. The molecule has 0 N–H and O–H groups in total. The molecule has 2 nitrogen and oxygen atoms in total. The van der Waals surface area contributed by atoms with Crippen LogP contribution in [0.3, 0.4) is 0 Å². The highest BCUT2D eigenvalue weighted by Crippen LogP contribution is 2.56. The van der Waals surface area contributed by atoms with Crippen molar-refractivity contribution in [3.8, 4) is 5.75 Å². The maximum absolute atomic E-state index is 6.04. The van der Waals surface area contributed by atoms with Gasteiger partial charge in [-0.1, -0.05) is 159 Å². The third-order valence-electron chi connectivity index (χ3n) is 10.4. The number of benzene rings is 6. The standard InChI is InChI=1S/C52H57NOP/c1-53(2)41-42-54-47-39-37-46(38-40-47)52(45-28-16-10-17-29-45)51(44-26-14-9-15-27-44)36-24-7-5-3-4-6-8-25-43-55(48-30-18-11-19-31-48,49-32-20-12-21-33-49)50-34-22-13-23-35-50/h9-24,26-40H,3-8,25,41-43H2,1-2H3/q+1/b36-24-,52-51-. The molecular formula is C52H57NOP+. The van der Waals surface area contributed by atoms with E-state index < -0.39 is 7.26 Å². The number of ether oxygens (including phenoxy) is 1. The zero-order valence-electron chi connectivity index (χ0n) is 32.8. The average molecular weight is 743 g/mol. The molecule has 0 fully saturated rings. The van der Waals surface area contributed by atoms with E-state index in [1.807, 2.05) is 0 Å². The second-order valence-electron chi connectivity index (χ2n) is 14.5. The lowest BCUT2D eigenvalue weighted by molar-refractivity contribution is 0.261. The summed E-state index contributed by atoms with van der Waals surface area (Å²) < 4.78 is 6.04. The van der Waals surface area contributed by atoms with Crippen molar-refractivity contribution in [1.29, 1.82) is 0 Å². The van der Waals surface area contributed by atoms with Gasteiger partial charge in [-0.3, -0.25) is 0 Å². The van der Waals surface area contributed by atoms with Gasteiger partial charge in [0, 0.05) is 6.54 Å². The van der Waals surface area contributed by atoms with E-state index in [0.29, 0.717) is 6.61 Å². The molecule has 0 amide bonds. The average Bonchev–Trinajstić information content (AvgIpc) is 3.24.